The molecule has 8 nitrogen and oxygen atoms in total. The van der Waals surface area contributed by atoms with Gasteiger partial charge in [-0.15, -0.1) is 0 Å². The molecule has 9 heteroatoms. The molecule has 1 atom stereocenters. The summed E-state index contributed by atoms with van der Waals surface area (Å²) in [6.45, 7) is 1.65. The molecule has 0 saturated heterocycles. The number of hydrogen-bond acceptors (Lipinski definition) is 5. The van der Waals surface area contributed by atoms with Gasteiger partial charge in [0.05, 0.1) is 0 Å². The van der Waals surface area contributed by atoms with Gasteiger partial charge in [-0.2, -0.15) is 0 Å². The fraction of sp³-hybridized carbons (Fsp3) is 0.231. The van der Waals surface area contributed by atoms with Crippen LogP contribution in [-0.4, -0.2) is 26.7 Å². The van der Waals surface area contributed by atoms with Crippen LogP contribution in [0.1, 0.15) is 29.9 Å². The Balaban J connectivity index is 2.31. The van der Waals surface area contributed by atoms with Crippen molar-refractivity contribution in [2.45, 2.75) is 19.4 Å². The normalized spacial score (nSPS) is 11.9. The Morgan fingerprint density at radius 3 is 2.82 bits per heavy atom. The average Bonchev–Trinajstić information content (AvgIpc) is 2.90. The second-order valence-corrected chi connectivity index (χ2v) is 4.74. The predicted octanol–water partition coefficient (Wildman–Crippen LogP) is 1.78. The third-order valence-corrected chi connectivity index (χ3v) is 3.12. The highest BCUT2D eigenvalue weighted by Crippen LogP contribution is 2.13. The topological polar surface area (TPSA) is 114 Å². The Labute approximate surface area is 129 Å². The van der Waals surface area contributed by atoms with Gasteiger partial charge in [0.25, 0.3) is 11.5 Å². The molecule has 2 heterocycles. The standard InChI is InChI=1S/C13H12ClN3O5/c1-2-9(13(20)21)17-5-3-4-7(12(17)19)15-11(18)8-6-10(14)22-16-8/h3-6,9H,2H2,1H3,(H,15,18)(H,20,21)/t9-/m0/s1. The lowest BCUT2D eigenvalue weighted by atomic mass is 10.2. The Kier molecular flexibility index (Phi) is 4.62. The summed E-state index contributed by atoms with van der Waals surface area (Å²) >= 11 is 5.52. The number of nitrogens with zero attached hydrogens (tertiary/aromatic N) is 2. The minimum absolute atomic E-state index is 0.0625. The second kappa shape index (κ2) is 6.44. The van der Waals surface area contributed by atoms with Crippen molar-refractivity contribution < 1.29 is 19.2 Å². The van der Waals surface area contributed by atoms with Crippen molar-refractivity contribution in [1.82, 2.24) is 9.72 Å². The maximum Gasteiger partial charge on any atom is 0.326 e. The molecule has 0 aromatic carbocycles. The molecule has 0 radical (unpaired) electrons. The molecule has 116 valence electrons. The molecule has 22 heavy (non-hydrogen) atoms. The van der Waals surface area contributed by atoms with E-state index in [0.29, 0.717) is 0 Å². The molecule has 2 aromatic heterocycles. The number of carbonyl (C=O) groups is 2. The highest BCUT2D eigenvalue weighted by Gasteiger charge is 2.20. The lowest BCUT2D eigenvalue weighted by Gasteiger charge is -2.14. The number of carboxylic acid groups (broad SMARTS) is 1. The van der Waals surface area contributed by atoms with Gasteiger partial charge in [-0.05, 0) is 30.2 Å². The predicted molar refractivity (Wildman–Crippen MR) is 77.1 cm³/mol. The first-order valence-electron chi connectivity index (χ1n) is 6.31. The van der Waals surface area contributed by atoms with E-state index < -0.39 is 23.5 Å². The van der Waals surface area contributed by atoms with Crippen molar-refractivity contribution in [3.63, 3.8) is 0 Å². The number of halogens is 1. The van der Waals surface area contributed by atoms with Gasteiger partial charge >= 0.3 is 5.97 Å². The number of pyridine rings is 1. The number of hydrogen-bond donors (Lipinski definition) is 2. The maximum absolute atomic E-state index is 12.3. The van der Waals surface area contributed by atoms with E-state index in [4.69, 9.17) is 16.7 Å². The lowest BCUT2D eigenvalue weighted by molar-refractivity contribution is -0.141. The average molecular weight is 326 g/mol. The number of rotatable bonds is 5. The lowest BCUT2D eigenvalue weighted by Crippen LogP contribution is -2.31. The zero-order valence-electron chi connectivity index (χ0n) is 11.4. The summed E-state index contributed by atoms with van der Waals surface area (Å²) in [5.41, 5.74) is -0.781. The Morgan fingerprint density at radius 2 is 2.27 bits per heavy atom. The molecule has 0 saturated carbocycles. The van der Waals surface area contributed by atoms with Crippen LogP contribution in [0.15, 0.2) is 33.7 Å². The largest absolute Gasteiger partial charge is 0.480 e. The van der Waals surface area contributed by atoms with Crippen LogP contribution in [0.4, 0.5) is 5.69 Å². The monoisotopic (exact) mass is 325 g/mol. The van der Waals surface area contributed by atoms with Crippen LogP contribution in [0.2, 0.25) is 5.22 Å². The van der Waals surface area contributed by atoms with E-state index in [1.165, 1.54) is 24.4 Å². The third kappa shape index (κ3) is 3.17. The van der Waals surface area contributed by atoms with Gasteiger partial charge < -0.3 is 14.9 Å². The zero-order valence-corrected chi connectivity index (χ0v) is 12.2. The molecule has 1 amide bonds. The number of carbonyl (C=O) groups excluding carboxylic acids is 1. The van der Waals surface area contributed by atoms with Gasteiger partial charge in [-0.25, -0.2) is 4.79 Å². The van der Waals surface area contributed by atoms with E-state index in [-0.39, 0.29) is 23.0 Å². The molecule has 2 N–H and O–H groups in total. The van der Waals surface area contributed by atoms with E-state index in [1.807, 2.05) is 0 Å². The molecular weight excluding hydrogens is 314 g/mol. The first-order valence-corrected chi connectivity index (χ1v) is 6.69. The molecule has 0 aliphatic rings. The van der Waals surface area contributed by atoms with Gasteiger partial charge in [-0.3, -0.25) is 14.2 Å². The van der Waals surface area contributed by atoms with E-state index in [9.17, 15) is 14.4 Å². The number of nitrogens with one attached hydrogen (secondary N) is 1. The Hall–Kier alpha value is -2.61. The molecule has 0 spiro atoms. The van der Waals surface area contributed by atoms with Crippen LogP contribution >= 0.6 is 11.6 Å². The molecule has 2 rings (SSSR count). The van der Waals surface area contributed by atoms with Gasteiger partial charge in [0.2, 0.25) is 5.22 Å². The molecule has 2 aromatic rings. The number of carboxylic acids is 1. The van der Waals surface area contributed by atoms with Crippen molar-refractivity contribution in [3.8, 4) is 0 Å². The van der Waals surface area contributed by atoms with Crippen molar-refractivity contribution in [2.75, 3.05) is 5.32 Å². The third-order valence-electron chi connectivity index (χ3n) is 2.94. The number of anilines is 1. The summed E-state index contributed by atoms with van der Waals surface area (Å²) in [7, 11) is 0. The quantitative estimate of drug-likeness (QED) is 0.866. The fourth-order valence-electron chi connectivity index (χ4n) is 1.89. The van der Waals surface area contributed by atoms with Crippen LogP contribution in [0.3, 0.4) is 0 Å². The summed E-state index contributed by atoms with van der Waals surface area (Å²) < 4.78 is 5.61. The Morgan fingerprint density at radius 1 is 1.55 bits per heavy atom. The molecule has 0 aliphatic heterocycles. The fourth-order valence-corrected chi connectivity index (χ4v) is 2.03. The maximum atomic E-state index is 12.3. The Bertz CT molecular complexity index is 767. The zero-order chi connectivity index (χ0) is 16.3. The number of aliphatic carboxylic acids is 1. The van der Waals surface area contributed by atoms with E-state index >= 15 is 0 Å². The molecule has 0 bridgehead atoms. The van der Waals surface area contributed by atoms with Crippen LogP contribution in [0, 0.1) is 0 Å². The van der Waals surface area contributed by atoms with Crippen molar-refractivity contribution in [3.05, 3.63) is 45.7 Å². The van der Waals surface area contributed by atoms with Gasteiger partial charge in [0.1, 0.15) is 11.7 Å². The van der Waals surface area contributed by atoms with Crippen molar-refractivity contribution >= 4 is 29.2 Å². The first-order chi connectivity index (χ1) is 10.4. The summed E-state index contributed by atoms with van der Waals surface area (Å²) in [6, 6.07) is 3.03. The highest BCUT2D eigenvalue weighted by atomic mass is 35.5. The van der Waals surface area contributed by atoms with E-state index in [2.05, 4.69) is 15.0 Å². The van der Waals surface area contributed by atoms with Gasteiger partial charge in [0.15, 0.2) is 5.69 Å². The van der Waals surface area contributed by atoms with E-state index in [1.54, 1.807) is 6.92 Å². The summed E-state index contributed by atoms with van der Waals surface area (Å²) in [5.74, 6) is -1.81. The minimum Gasteiger partial charge on any atom is -0.480 e. The van der Waals surface area contributed by atoms with Crippen LogP contribution in [-0.2, 0) is 4.79 Å². The molecule has 0 unspecified atom stereocenters. The SMILES string of the molecule is CC[C@@H](C(=O)O)n1cccc(NC(=O)c2cc(Cl)on2)c1=O. The first kappa shape index (κ1) is 15.8. The molecular formula is C13H12ClN3O5. The minimum atomic E-state index is -1.13. The summed E-state index contributed by atoms with van der Waals surface area (Å²) in [6.07, 6.45) is 1.58. The number of aromatic nitrogens is 2. The molecule has 0 aliphatic carbocycles. The van der Waals surface area contributed by atoms with Crippen molar-refractivity contribution in [1.29, 1.82) is 0 Å². The summed E-state index contributed by atoms with van der Waals surface area (Å²) in [5, 5.41) is 14.8. The van der Waals surface area contributed by atoms with Gasteiger partial charge in [0, 0.05) is 12.3 Å². The molecule has 0 fully saturated rings. The van der Waals surface area contributed by atoms with Crippen LogP contribution in [0.5, 0.6) is 0 Å². The summed E-state index contributed by atoms with van der Waals surface area (Å²) in [4.78, 5) is 35.3. The smallest absolute Gasteiger partial charge is 0.326 e. The van der Waals surface area contributed by atoms with Crippen LogP contribution in [0.25, 0.3) is 0 Å². The second-order valence-electron chi connectivity index (χ2n) is 4.37. The van der Waals surface area contributed by atoms with Gasteiger partial charge in [-0.1, -0.05) is 12.1 Å². The number of amides is 1. The highest BCUT2D eigenvalue weighted by molar-refractivity contribution is 6.29. The van der Waals surface area contributed by atoms with E-state index in [0.717, 1.165) is 4.57 Å². The van der Waals surface area contributed by atoms with Crippen molar-refractivity contribution in [2.24, 2.45) is 0 Å². The van der Waals surface area contributed by atoms with Crippen LogP contribution < -0.4 is 10.9 Å².